The van der Waals surface area contributed by atoms with Crippen LogP contribution in [0.4, 0.5) is 30.7 Å². The molecule has 0 aromatic carbocycles. The van der Waals surface area contributed by atoms with Crippen molar-refractivity contribution in [3.8, 4) is 0 Å². The molecule has 0 aromatic heterocycles. The molecule has 0 bridgehead atoms. The van der Waals surface area contributed by atoms with Crippen LogP contribution >= 0.6 is 0 Å². The van der Waals surface area contributed by atoms with Gasteiger partial charge in [0.15, 0.2) is 0 Å². The lowest BCUT2D eigenvalue weighted by atomic mass is 10.1. The highest BCUT2D eigenvalue weighted by Gasteiger charge is 2.76. The molecule has 4 N–H and O–H groups in total. The molecule has 0 amide bonds. The van der Waals surface area contributed by atoms with Crippen LogP contribution in [0, 0.1) is 0 Å². The van der Waals surface area contributed by atoms with Crippen molar-refractivity contribution in [2.24, 2.45) is 5.73 Å². The summed E-state index contributed by atoms with van der Waals surface area (Å²) in [6.45, 7) is 0.472. The van der Waals surface area contributed by atoms with Gasteiger partial charge in [0, 0.05) is 6.54 Å². The first-order chi connectivity index (χ1) is 7.36. The second kappa shape index (κ2) is 6.00. The fraction of sp³-hybridized carbons (Fsp3) is 0.833. The fourth-order valence-corrected chi connectivity index (χ4v) is 0.312. The zero-order valence-electron chi connectivity index (χ0n) is 7.94. The van der Waals surface area contributed by atoms with Crippen LogP contribution in [-0.2, 0) is 4.79 Å². The maximum absolute atomic E-state index is 11.8. The summed E-state index contributed by atoms with van der Waals surface area (Å²) >= 11 is 0. The fourth-order valence-electron chi connectivity index (χ4n) is 0.312. The monoisotopic (exact) mass is 275 g/mol. The van der Waals surface area contributed by atoms with Gasteiger partial charge >= 0.3 is 24.0 Å². The second-order valence-electron chi connectivity index (χ2n) is 2.46. The normalized spacial score (nSPS) is 12.8. The van der Waals surface area contributed by atoms with Crippen molar-refractivity contribution in [3.63, 3.8) is 0 Å². The van der Waals surface area contributed by atoms with E-state index in [9.17, 15) is 35.5 Å². The first-order valence-electron chi connectivity index (χ1n) is 3.73. The Kier molecular flexibility index (Phi) is 6.45. The molecule has 0 saturated carbocycles. The van der Waals surface area contributed by atoms with E-state index in [-0.39, 0.29) is 6.61 Å². The molecule has 0 unspecified atom stereocenters. The third-order valence-electron chi connectivity index (χ3n) is 1.15. The van der Waals surface area contributed by atoms with E-state index in [0.29, 0.717) is 6.54 Å². The third-order valence-corrected chi connectivity index (χ3v) is 1.15. The van der Waals surface area contributed by atoms with Crippen LogP contribution in [0.5, 0.6) is 0 Å². The average Bonchev–Trinajstić information content (AvgIpc) is 2.16. The Labute approximate surface area is 89.8 Å². The molecule has 4 nitrogen and oxygen atoms in total. The van der Waals surface area contributed by atoms with Crippen LogP contribution in [0.1, 0.15) is 0 Å². The number of carboxylic acids is 1. The minimum Gasteiger partial charge on any atom is -0.477 e. The molecular weight excluding hydrogens is 267 g/mol. The summed E-state index contributed by atoms with van der Waals surface area (Å²) in [5.41, 5.74) is 4.78. The Hall–Kier alpha value is -1.10. The largest absolute Gasteiger partial charge is 0.477 e. The Balaban J connectivity index is 0. The van der Waals surface area contributed by atoms with E-state index in [1.807, 2.05) is 0 Å². The molecule has 0 aliphatic heterocycles. The molecule has 0 radical (unpaired) electrons. The molecule has 11 heteroatoms. The molecule has 0 aliphatic rings. The van der Waals surface area contributed by atoms with Gasteiger partial charge in [-0.1, -0.05) is 0 Å². The van der Waals surface area contributed by atoms with Gasteiger partial charge < -0.3 is 15.9 Å². The summed E-state index contributed by atoms with van der Waals surface area (Å²) in [5.74, 6) is -16.3. The molecular formula is C6H8F7NO3. The zero-order valence-corrected chi connectivity index (χ0v) is 7.94. The van der Waals surface area contributed by atoms with E-state index in [0.717, 1.165) is 0 Å². The van der Waals surface area contributed by atoms with Gasteiger partial charge in [0.05, 0.1) is 6.61 Å². The number of hydrogen-bond donors (Lipinski definition) is 3. The number of aliphatic carboxylic acids is 1. The van der Waals surface area contributed by atoms with Crippen molar-refractivity contribution in [2.45, 2.75) is 18.0 Å². The third kappa shape index (κ3) is 4.34. The molecule has 0 fully saturated rings. The first-order valence-corrected chi connectivity index (χ1v) is 3.73. The summed E-state index contributed by atoms with van der Waals surface area (Å²) in [5, 5.41) is 15.2. The van der Waals surface area contributed by atoms with E-state index in [1.54, 1.807) is 0 Å². The van der Waals surface area contributed by atoms with Gasteiger partial charge in [-0.05, 0) is 0 Å². The van der Waals surface area contributed by atoms with Gasteiger partial charge in [-0.2, -0.15) is 30.7 Å². The molecule has 17 heavy (non-hydrogen) atoms. The number of aliphatic hydroxyl groups is 1. The van der Waals surface area contributed by atoms with Gasteiger partial charge in [0.2, 0.25) is 0 Å². The van der Waals surface area contributed by atoms with Gasteiger partial charge in [-0.25, -0.2) is 4.79 Å². The highest BCUT2D eigenvalue weighted by molar-refractivity contribution is 5.76. The number of rotatable bonds is 3. The summed E-state index contributed by atoms with van der Waals surface area (Å²) in [6.07, 6.45) is -6.60. The highest BCUT2D eigenvalue weighted by atomic mass is 19.4. The number of aliphatic hydroxyl groups excluding tert-OH is 1. The number of nitrogens with two attached hydrogens (primary N) is 1. The molecule has 104 valence electrons. The van der Waals surface area contributed by atoms with Crippen molar-refractivity contribution in [1.82, 2.24) is 0 Å². The van der Waals surface area contributed by atoms with E-state index in [4.69, 9.17) is 15.9 Å². The predicted octanol–water partition coefficient (Wildman–Crippen LogP) is 0.841. The maximum Gasteiger partial charge on any atom is 0.460 e. The minimum absolute atomic E-state index is 0.0972. The minimum atomic E-state index is -6.60. The lowest BCUT2D eigenvalue weighted by Gasteiger charge is -2.24. The van der Waals surface area contributed by atoms with Crippen molar-refractivity contribution in [3.05, 3.63) is 0 Å². The van der Waals surface area contributed by atoms with E-state index < -0.39 is 24.0 Å². The predicted molar refractivity (Wildman–Crippen MR) is 39.7 cm³/mol. The van der Waals surface area contributed by atoms with Crippen molar-refractivity contribution < 1.29 is 45.7 Å². The number of carbonyl (C=O) groups is 1. The van der Waals surface area contributed by atoms with Crippen LogP contribution in [0.2, 0.25) is 0 Å². The number of carboxylic acid groups (broad SMARTS) is 1. The SMILES string of the molecule is NCCO.O=C(O)C(F)(F)C(F)(F)C(F)(F)F. The first kappa shape index (κ1) is 18.3. The van der Waals surface area contributed by atoms with Gasteiger partial charge in [0.1, 0.15) is 0 Å². The van der Waals surface area contributed by atoms with Crippen molar-refractivity contribution in [2.75, 3.05) is 13.2 Å². The lowest BCUT2D eigenvalue weighted by molar-refractivity contribution is -0.347. The quantitative estimate of drug-likeness (QED) is 0.666. The van der Waals surface area contributed by atoms with E-state index >= 15 is 0 Å². The summed E-state index contributed by atoms with van der Waals surface area (Å²) in [6, 6.07) is 0. The van der Waals surface area contributed by atoms with Gasteiger partial charge in [-0.15, -0.1) is 0 Å². The number of alkyl halides is 7. The van der Waals surface area contributed by atoms with Crippen molar-refractivity contribution in [1.29, 1.82) is 0 Å². The number of hydrogen-bond acceptors (Lipinski definition) is 3. The molecule has 0 spiro atoms. The highest BCUT2D eigenvalue weighted by Crippen LogP contribution is 2.46. The van der Waals surface area contributed by atoms with Crippen LogP contribution in [0.15, 0.2) is 0 Å². The average molecular weight is 275 g/mol. The topological polar surface area (TPSA) is 83.5 Å². The van der Waals surface area contributed by atoms with Crippen molar-refractivity contribution >= 4 is 5.97 Å². The van der Waals surface area contributed by atoms with E-state index in [2.05, 4.69) is 0 Å². The van der Waals surface area contributed by atoms with Crippen LogP contribution in [0.3, 0.4) is 0 Å². The van der Waals surface area contributed by atoms with Crippen LogP contribution in [-0.4, -0.2) is 47.4 Å². The van der Waals surface area contributed by atoms with Crippen LogP contribution < -0.4 is 5.73 Å². The van der Waals surface area contributed by atoms with Gasteiger partial charge in [-0.3, -0.25) is 0 Å². The maximum atomic E-state index is 11.8. The molecule has 0 atom stereocenters. The standard InChI is InChI=1S/C4HF7O2.C2H7NO/c5-2(6,1(12)13)3(7,8)4(9,10)11;3-1-2-4/h(H,12,13);4H,1-3H2. The summed E-state index contributed by atoms with van der Waals surface area (Å²) in [4.78, 5) is 9.38. The molecule has 0 aliphatic carbocycles. The molecule has 0 aromatic rings. The van der Waals surface area contributed by atoms with Crippen LogP contribution in [0.25, 0.3) is 0 Å². The molecule has 0 heterocycles. The van der Waals surface area contributed by atoms with Gasteiger partial charge in [0.25, 0.3) is 0 Å². The molecule has 0 saturated heterocycles. The Morgan fingerprint density at radius 1 is 1.06 bits per heavy atom. The lowest BCUT2D eigenvalue weighted by Crippen LogP contribution is -2.56. The smallest absolute Gasteiger partial charge is 0.460 e. The zero-order chi connectivity index (χ0) is 14.5. The summed E-state index contributed by atoms with van der Waals surface area (Å²) in [7, 11) is 0. The Bertz CT molecular complexity index is 250. The number of halogens is 7. The molecule has 0 rings (SSSR count). The van der Waals surface area contributed by atoms with E-state index in [1.165, 1.54) is 0 Å². The summed E-state index contributed by atoms with van der Waals surface area (Å²) < 4.78 is 80.5. The Morgan fingerprint density at radius 2 is 1.35 bits per heavy atom. The second-order valence-corrected chi connectivity index (χ2v) is 2.46. The Morgan fingerprint density at radius 3 is 1.41 bits per heavy atom.